The van der Waals surface area contributed by atoms with Gasteiger partial charge in [0.05, 0.1) is 4.90 Å². The second-order valence-corrected chi connectivity index (χ2v) is 8.70. The summed E-state index contributed by atoms with van der Waals surface area (Å²) in [6, 6.07) is 14.8. The van der Waals surface area contributed by atoms with Crippen molar-refractivity contribution in [1.82, 2.24) is 9.21 Å². The van der Waals surface area contributed by atoms with Gasteiger partial charge in [0, 0.05) is 32.6 Å². The van der Waals surface area contributed by atoms with Crippen LogP contribution in [0.1, 0.15) is 24.8 Å². The van der Waals surface area contributed by atoms with E-state index in [9.17, 15) is 17.6 Å². The molecule has 2 aromatic carbocycles. The van der Waals surface area contributed by atoms with Gasteiger partial charge in [-0.2, -0.15) is 4.31 Å². The van der Waals surface area contributed by atoms with Crippen molar-refractivity contribution in [1.29, 1.82) is 0 Å². The molecule has 0 bridgehead atoms. The molecular weight excluding hydrogens is 367 g/mol. The minimum absolute atomic E-state index is 0.0224. The van der Waals surface area contributed by atoms with Crippen LogP contribution in [0.25, 0.3) is 0 Å². The fourth-order valence-corrected chi connectivity index (χ4v) is 4.70. The van der Waals surface area contributed by atoms with E-state index in [0.29, 0.717) is 19.5 Å². The van der Waals surface area contributed by atoms with Gasteiger partial charge in [-0.05, 0) is 29.7 Å². The molecule has 27 heavy (non-hydrogen) atoms. The number of amides is 1. The van der Waals surface area contributed by atoms with E-state index in [2.05, 4.69) is 0 Å². The molecule has 1 fully saturated rings. The number of halogens is 1. The molecular formula is C20H23FN2O3S. The van der Waals surface area contributed by atoms with Gasteiger partial charge >= 0.3 is 0 Å². The maximum Gasteiger partial charge on any atom is 0.243 e. The lowest BCUT2D eigenvalue weighted by molar-refractivity contribution is -0.132. The quantitative estimate of drug-likeness (QED) is 0.789. The topological polar surface area (TPSA) is 57.7 Å². The highest BCUT2D eigenvalue weighted by Gasteiger charge is 2.30. The van der Waals surface area contributed by atoms with Crippen molar-refractivity contribution in [2.75, 3.05) is 26.2 Å². The summed E-state index contributed by atoms with van der Waals surface area (Å²) < 4.78 is 39.9. The van der Waals surface area contributed by atoms with E-state index < -0.39 is 15.8 Å². The first-order chi connectivity index (χ1) is 12.9. The molecule has 1 saturated heterocycles. The molecule has 1 aliphatic heterocycles. The second kappa shape index (κ2) is 8.19. The predicted octanol–water partition coefficient (Wildman–Crippen LogP) is 2.85. The number of carbonyl (C=O) groups excluding carboxylic acids is 1. The van der Waals surface area contributed by atoms with Gasteiger partial charge in [-0.15, -0.1) is 0 Å². The van der Waals surface area contributed by atoms with Crippen molar-refractivity contribution >= 4 is 15.9 Å². The summed E-state index contributed by atoms with van der Waals surface area (Å²) in [7, 11) is -3.74. The average Bonchev–Trinajstić information content (AvgIpc) is 2.68. The van der Waals surface area contributed by atoms with Crippen LogP contribution in [0.2, 0.25) is 0 Å². The van der Waals surface area contributed by atoms with Crippen LogP contribution in [0.5, 0.6) is 0 Å². The molecule has 2 aromatic rings. The van der Waals surface area contributed by atoms with Gasteiger partial charge in [0.25, 0.3) is 0 Å². The van der Waals surface area contributed by atoms with Crippen molar-refractivity contribution in [2.24, 2.45) is 0 Å². The highest BCUT2D eigenvalue weighted by molar-refractivity contribution is 7.89. The van der Waals surface area contributed by atoms with Crippen LogP contribution in [0, 0.1) is 5.82 Å². The lowest BCUT2D eigenvalue weighted by atomic mass is 9.97. The minimum atomic E-state index is -3.74. The van der Waals surface area contributed by atoms with Crippen LogP contribution in [0.4, 0.5) is 4.39 Å². The van der Waals surface area contributed by atoms with Crippen molar-refractivity contribution < 1.29 is 17.6 Å². The van der Waals surface area contributed by atoms with Gasteiger partial charge in [0.15, 0.2) is 0 Å². The zero-order valence-electron chi connectivity index (χ0n) is 15.2. The van der Waals surface area contributed by atoms with E-state index in [1.807, 2.05) is 37.3 Å². The number of nitrogens with zero attached hydrogens (tertiary/aromatic N) is 2. The molecule has 3 rings (SSSR count). The normalized spacial score (nSPS) is 16.9. The fourth-order valence-electron chi connectivity index (χ4n) is 3.24. The number of hydrogen-bond acceptors (Lipinski definition) is 3. The highest BCUT2D eigenvalue weighted by Crippen LogP contribution is 2.22. The summed E-state index contributed by atoms with van der Waals surface area (Å²) in [6.45, 7) is 3.12. The zero-order valence-corrected chi connectivity index (χ0v) is 16.0. The summed E-state index contributed by atoms with van der Waals surface area (Å²) in [5, 5.41) is 0. The minimum Gasteiger partial charge on any atom is -0.340 e. The van der Waals surface area contributed by atoms with Gasteiger partial charge in [-0.3, -0.25) is 4.79 Å². The number of hydrogen-bond donors (Lipinski definition) is 0. The number of sulfonamides is 1. The molecule has 1 amide bonds. The van der Waals surface area contributed by atoms with E-state index in [0.717, 1.165) is 11.6 Å². The van der Waals surface area contributed by atoms with Crippen molar-refractivity contribution in [3.8, 4) is 0 Å². The van der Waals surface area contributed by atoms with E-state index in [-0.39, 0.29) is 29.8 Å². The third-order valence-corrected chi connectivity index (χ3v) is 6.77. The molecule has 0 saturated carbocycles. The first-order valence-electron chi connectivity index (χ1n) is 8.96. The predicted molar refractivity (Wildman–Crippen MR) is 101 cm³/mol. The summed E-state index contributed by atoms with van der Waals surface area (Å²) in [5.41, 5.74) is 1.11. The maximum atomic E-state index is 13.4. The Bertz CT molecular complexity index is 894. The number of carbonyl (C=O) groups is 1. The Morgan fingerprint density at radius 2 is 1.70 bits per heavy atom. The van der Waals surface area contributed by atoms with Gasteiger partial charge < -0.3 is 4.90 Å². The van der Waals surface area contributed by atoms with Crippen LogP contribution in [-0.2, 0) is 14.8 Å². The van der Waals surface area contributed by atoms with Crippen LogP contribution in [-0.4, -0.2) is 49.7 Å². The summed E-state index contributed by atoms with van der Waals surface area (Å²) in [4.78, 5) is 14.2. The first kappa shape index (κ1) is 19.5. The molecule has 1 atom stereocenters. The molecule has 0 radical (unpaired) electrons. The number of rotatable bonds is 5. The zero-order chi connectivity index (χ0) is 19.4. The molecule has 0 aromatic heterocycles. The molecule has 0 N–H and O–H groups in total. The van der Waals surface area contributed by atoms with Gasteiger partial charge in [0.1, 0.15) is 5.82 Å². The Labute approximate surface area is 159 Å². The van der Waals surface area contributed by atoms with Crippen LogP contribution >= 0.6 is 0 Å². The Morgan fingerprint density at radius 1 is 1.04 bits per heavy atom. The van der Waals surface area contributed by atoms with Crippen LogP contribution < -0.4 is 0 Å². The summed E-state index contributed by atoms with van der Waals surface area (Å²) >= 11 is 0. The van der Waals surface area contributed by atoms with Crippen molar-refractivity contribution in [3.63, 3.8) is 0 Å². The first-order valence-corrected chi connectivity index (χ1v) is 10.4. The number of benzene rings is 2. The van der Waals surface area contributed by atoms with Crippen LogP contribution in [0.15, 0.2) is 59.5 Å². The van der Waals surface area contributed by atoms with Gasteiger partial charge in [-0.25, -0.2) is 12.8 Å². The average molecular weight is 390 g/mol. The summed E-state index contributed by atoms with van der Waals surface area (Å²) in [6.07, 6.45) is 0.390. The van der Waals surface area contributed by atoms with E-state index in [1.54, 1.807) is 4.90 Å². The monoisotopic (exact) mass is 390 g/mol. The summed E-state index contributed by atoms with van der Waals surface area (Å²) in [5.74, 6) is -0.457. The van der Waals surface area contributed by atoms with Crippen LogP contribution in [0.3, 0.4) is 0 Å². The van der Waals surface area contributed by atoms with E-state index in [4.69, 9.17) is 0 Å². The molecule has 7 heteroatoms. The fraction of sp³-hybridized carbons (Fsp3) is 0.350. The Kier molecular flexibility index (Phi) is 5.92. The molecule has 144 valence electrons. The van der Waals surface area contributed by atoms with E-state index in [1.165, 1.54) is 22.5 Å². The Balaban J connectivity index is 1.59. The third-order valence-electron chi connectivity index (χ3n) is 4.87. The number of piperazine rings is 1. The SMILES string of the molecule is CC(CC(=O)N1CCN(S(=O)(=O)c2cccc(F)c2)CC1)c1ccccc1. The largest absolute Gasteiger partial charge is 0.340 e. The third kappa shape index (κ3) is 4.54. The molecule has 1 heterocycles. The second-order valence-electron chi connectivity index (χ2n) is 6.76. The lowest BCUT2D eigenvalue weighted by Gasteiger charge is -2.34. The lowest BCUT2D eigenvalue weighted by Crippen LogP contribution is -2.50. The molecule has 1 aliphatic rings. The van der Waals surface area contributed by atoms with Gasteiger partial charge in [0.2, 0.25) is 15.9 Å². The molecule has 5 nitrogen and oxygen atoms in total. The van der Waals surface area contributed by atoms with Crippen molar-refractivity contribution in [3.05, 3.63) is 66.0 Å². The molecule has 0 spiro atoms. The van der Waals surface area contributed by atoms with Gasteiger partial charge in [-0.1, -0.05) is 43.3 Å². The van der Waals surface area contributed by atoms with E-state index >= 15 is 0 Å². The molecule has 1 unspecified atom stereocenters. The Morgan fingerprint density at radius 3 is 2.33 bits per heavy atom. The maximum absolute atomic E-state index is 13.4. The highest BCUT2D eigenvalue weighted by atomic mass is 32.2. The van der Waals surface area contributed by atoms with Crippen molar-refractivity contribution in [2.45, 2.75) is 24.2 Å². The Hall–Kier alpha value is -2.25. The smallest absolute Gasteiger partial charge is 0.243 e. The standard InChI is InChI=1S/C20H23FN2O3S/c1-16(17-6-3-2-4-7-17)14-20(24)22-10-12-23(13-11-22)27(25,26)19-9-5-8-18(21)15-19/h2-9,15-16H,10-14H2,1H3. The molecule has 0 aliphatic carbocycles.